The number of benzene rings is 1. The molecule has 1 rings (SSSR count). The van der Waals surface area contributed by atoms with Crippen LogP contribution in [0.3, 0.4) is 0 Å². The number of hydrogen-bond donors (Lipinski definition) is 1. The van der Waals surface area contributed by atoms with Crippen LogP contribution in [0.25, 0.3) is 0 Å². The van der Waals surface area contributed by atoms with Gasteiger partial charge < -0.3 is 15.2 Å². The van der Waals surface area contributed by atoms with Crippen LogP contribution in [0.5, 0.6) is 0 Å². The number of sulfonamides is 1. The van der Waals surface area contributed by atoms with E-state index >= 15 is 0 Å². The zero-order valence-electron chi connectivity index (χ0n) is 12.3. The molecule has 1 amide bonds. The number of carbonyl (C=O) groups excluding carboxylic acids is 2. The fourth-order valence-electron chi connectivity index (χ4n) is 1.68. The van der Waals surface area contributed by atoms with Crippen molar-refractivity contribution in [3.8, 4) is 0 Å². The summed E-state index contributed by atoms with van der Waals surface area (Å²) in [4.78, 5) is 22.3. The van der Waals surface area contributed by atoms with Crippen molar-refractivity contribution >= 4 is 21.9 Å². The largest absolute Gasteiger partial charge is 0.465 e. The average Bonchev–Trinajstić information content (AvgIpc) is 2.50. The first kappa shape index (κ1) is 18.1. The molecule has 1 aromatic rings. The molecule has 0 saturated heterocycles. The summed E-state index contributed by atoms with van der Waals surface area (Å²) in [5, 5.41) is 0. The van der Waals surface area contributed by atoms with Crippen LogP contribution in [0.1, 0.15) is 10.4 Å². The highest BCUT2D eigenvalue weighted by molar-refractivity contribution is 7.89. The highest BCUT2D eigenvalue weighted by atomic mass is 32.2. The fraction of sp³-hybridized carbons (Fsp3) is 0.385. The monoisotopic (exact) mass is 330 g/mol. The van der Waals surface area contributed by atoms with E-state index in [1.165, 1.54) is 38.5 Å². The molecule has 8 nitrogen and oxygen atoms in total. The van der Waals surface area contributed by atoms with Gasteiger partial charge in [-0.2, -0.15) is 4.31 Å². The number of rotatable bonds is 8. The molecule has 0 bridgehead atoms. The number of nitrogens with two attached hydrogens (primary N) is 1. The van der Waals surface area contributed by atoms with E-state index in [9.17, 15) is 18.0 Å². The van der Waals surface area contributed by atoms with Crippen LogP contribution in [0.15, 0.2) is 29.2 Å². The van der Waals surface area contributed by atoms with Crippen molar-refractivity contribution in [1.82, 2.24) is 4.31 Å². The minimum atomic E-state index is -3.92. The van der Waals surface area contributed by atoms with Crippen LogP contribution in [0.2, 0.25) is 0 Å². The van der Waals surface area contributed by atoms with E-state index in [0.717, 1.165) is 4.31 Å². The second-order valence-electron chi connectivity index (χ2n) is 4.31. The summed E-state index contributed by atoms with van der Waals surface area (Å²) >= 11 is 0. The Morgan fingerprint density at radius 2 is 1.77 bits per heavy atom. The van der Waals surface area contributed by atoms with Crippen LogP contribution in [-0.2, 0) is 24.3 Å². The molecule has 0 aliphatic carbocycles. The molecule has 0 radical (unpaired) electrons. The number of nitrogens with zero attached hydrogens (tertiary/aromatic N) is 1. The van der Waals surface area contributed by atoms with E-state index in [4.69, 9.17) is 10.5 Å². The lowest BCUT2D eigenvalue weighted by Crippen LogP contribution is -2.40. The zero-order valence-corrected chi connectivity index (χ0v) is 13.1. The highest BCUT2D eigenvalue weighted by Gasteiger charge is 2.25. The van der Waals surface area contributed by atoms with Crippen LogP contribution >= 0.6 is 0 Å². The number of methoxy groups -OCH3 is 2. The van der Waals surface area contributed by atoms with Crippen molar-refractivity contribution in [1.29, 1.82) is 0 Å². The van der Waals surface area contributed by atoms with Crippen LogP contribution in [-0.4, -0.2) is 58.5 Å². The van der Waals surface area contributed by atoms with Crippen molar-refractivity contribution in [2.75, 3.05) is 33.9 Å². The molecule has 122 valence electrons. The Morgan fingerprint density at radius 3 is 2.23 bits per heavy atom. The summed E-state index contributed by atoms with van der Waals surface area (Å²) in [7, 11) is -1.27. The molecule has 0 heterocycles. The van der Waals surface area contributed by atoms with Gasteiger partial charge in [-0.25, -0.2) is 13.2 Å². The molecular weight excluding hydrogens is 312 g/mol. The Labute approximate surface area is 128 Å². The molecule has 0 spiro atoms. The Bertz CT molecular complexity index is 626. The third-order valence-electron chi connectivity index (χ3n) is 2.79. The predicted molar refractivity (Wildman–Crippen MR) is 77.6 cm³/mol. The molecule has 22 heavy (non-hydrogen) atoms. The maximum atomic E-state index is 12.5. The van der Waals surface area contributed by atoms with Gasteiger partial charge in [-0.1, -0.05) is 0 Å². The number of ether oxygens (including phenoxy) is 2. The molecule has 0 saturated carbocycles. The number of primary amides is 1. The summed E-state index contributed by atoms with van der Waals surface area (Å²) in [6, 6.07) is 5.19. The molecule has 0 unspecified atom stereocenters. The topological polar surface area (TPSA) is 116 Å². The molecule has 9 heteroatoms. The van der Waals surface area contributed by atoms with Gasteiger partial charge in [-0.15, -0.1) is 0 Å². The Hall–Kier alpha value is -1.97. The maximum absolute atomic E-state index is 12.5. The van der Waals surface area contributed by atoms with Gasteiger partial charge in [0.2, 0.25) is 15.9 Å². The van der Waals surface area contributed by atoms with Crippen LogP contribution in [0.4, 0.5) is 0 Å². The Balaban J connectivity index is 3.07. The SMILES string of the molecule is COCCN(CC(N)=O)S(=O)(=O)c1ccc(C(=O)OC)cc1. The van der Waals surface area contributed by atoms with Gasteiger partial charge in [0.25, 0.3) is 0 Å². The second kappa shape index (κ2) is 7.87. The van der Waals surface area contributed by atoms with E-state index < -0.39 is 28.4 Å². The summed E-state index contributed by atoms with van der Waals surface area (Å²) in [5.41, 5.74) is 5.30. The van der Waals surface area contributed by atoms with Crippen molar-refractivity contribution in [2.45, 2.75) is 4.90 Å². The molecule has 0 aliphatic rings. The first-order valence-electron chi connectivity index (χ1n) is 6.28. The van der Waals surface area contributed by atoms with Gasteiger partial charge in [0.05, 0.1) is 30.7 Å². The van der Waals surface area contributed by atoms with Gasteiger partial charge in [-0.05, 0) is 24.3 Å². The predicted octanol–water partition coefficient (Wildman–Crippen LogP) is -0.404. The van der Waals surface area contributed by atoms with Crippen molar-refractivity contribution in [2.24, 2.45) is 5.73 Å². The normalized spacial score (nSPS) is 11.4. The summed E-state index contributed by atoms with van der Waals surface area (Å²) in [5.74, 6) is -1.34. The summed E-state index contributed by atoms with van der Waals surface area (Å²) in [6.07, 6.45) is 0. The molecular formula is C13H18N2O6S. The zero-order chi connectivity index (χ0) is 16.8. The first-order chi connectivity index (χ1) is 10.3. The molecule has 0 atom stereocenters. The standard InChI is InChI=1S/C13H18N2O6S/c1-20-8-7-15(9-12(14)16)22(18,19)11-5-3-10(4-6-11)13(17)21-2/h3-6H,7-9H2,1-2H3,(H2,14,16). The van der Waals surface area contributed by atoms with Crippen molar-refractivity contribution in [3.05, 3.63) is 29.8 Å². The van der Waals surface area contributed by atoms with Crippen molar-refractivity contribution < 1.29 is 27.5 Å². The molecule has 0 aliphatic heterocycles. The Kier molecular flexibility index (Phi) is 6.47. The fourth-order valence-corrected chi connectivity index (χ4v) is 3.07. The minimum Gasteiger partial charge on any atom is -0.465 e. The second-order valence-corrected chi connectivity index (χ2v) is 6.25. The molecule has 0 aromatic heterocycles. The van der Waals surface area contributed by atoms with Crippen LogP contribution < -0.4 is 5.73 Å². The van der Waals surface area contributed by atoms with E-state index in [0.29, 0.717) is 0 Å². The quantitative estimate of drug-likeness (QED) is 0.648. The van der Waals surface area contributed by atoms with Gasteiger partial charge >= 0.3 is 5.97 Å². The smallest absolute Gasteiger partial charge is 0.337 e. The lowest BCUT2D eigenvalue weighted by Gasteiger charge is -2.20. The molecule has 1 aromatic carbocycles. The molecule has 0 fully saturated rings. The lowest BCUT2D eigenvalue weighted by atomic mass is 10.2. The lowest BCUT2D eigenvalue weighted by molar-refractivity contribution is -0.118. The van der Waals surface area contributed by atoms with E-state index in [1.807, 2.05) is 0 Å². The van der Waals surface area contributed by atoms with E-state index in [2.05, 4.69) is 4.74 Å². The van der Waals surface area contributed by atoms with E-state index in [-0.39, 0.29) is 23.6 Å². The van der Waals surface area contributed by atoms with Gasteiger partial charge in [0.1, 0.15) is 0 Å². The van der Waals surface area contributed by atoms with E-state index in [1.54, 1.807) is 0 Å². The number of esters is 1. The third-order valence-corrected chi connectivity index (χ3v) is 4.65. The minimum absolute atomic E-state index is 0.0134. The average molecular weight is 330 g/mol. The van der Waals surface area contributed by atoms with Gasteiger partial charge in [-0.3, -0.25) is 4.79 Å². The summed E-state index contributed by atoms with van der Waals surface area (Å²) in [6.45, 7) is -0.349. The molecule has 2 N–H and O–H groups in total. The number of carbonyl (C=O) groups is 2. The van der Waals surface area contributed by atoms with Gasteiger partial charge in [0, 0.05) is 13.7 Å². The van der Waals surface area contributed by atoms with Crippen molar-refractivity contribution in [3.63, 3.8) is 0 Å². The third kappa shape index (κ3) is 4.52. The highest BCUT2D eigenvalue weighted by Crippen LogP contribution is 2.16. The number of amides is 1. The Morgan fingerprint density at radius 1 is 1.18 bits per heavy atom. The first-order valence-corrected chi connectivity index (χ1v) is 7.72. The van der Waals surface area contributed by atoms with Gasteiger partial charge in [0.15, 0.2) is 0 Å². The van der Waals surface area contributed by atoms with Crippen LogP contribution in [0, 0.1) is 0 Å². The maximum Gasteiger partial charge on any atom is 0.337 e. The summed E-state index contributed by atoms with van der Waals surface area (Å²) < 4.78 is 35.2. The number of hydrogen-bond acceptors (Lipinski definition) is 6.